The SMILES string of the molecule is O=C(Cn1cnc2c(Cl)cc(Cl)cc2c1=O)Nc1ccc2c(c1)OC1(CCCCC1)O2. The second-order valence-electron chi connectivity index (χ2n) is 7.85. The number of carbonyl (C=O) groups excluding carboxylic acids is 1. The largest absolute Gasteiger partial charge is 0.448 e. The fourth-order valence-corrected chi connectivity index (χ4v) is 4.67. The molecule has 1 amide bonds. The van der Waals surface area contributed by atoms with Gasteiger partial charge in [-0.25, -0.2) is 4.98 Å². The third kappa shape index (κ3) is 3.83. The highest BCUT2D eigenvalue weighted by atomic mass is 35.5. The van der Waals surface area contributed by atoms with Gasteiger partial charge in [-0.1, -0.05) is 29.6 Å². The van der Waals surface area contributed by atoms with Crippen molar-refractivity contribution in [3.63, 3.8) is 0 Å². The Hall–Kier alpha value is -2.77. The van der Waals surface area contributed by atoms with Crippen LogP contribution in [-0.4, -0.2) is 21.2 Å². The molecule has 1 aliphatic heterocycles. The minimum atomic E-state index is -0.574. The summed E-state index contributed by atoms with van der Waals surface area (Å²) in [6.45, 7) is -0.204. The van der Waals surface area contributed by atoms with Crippen LogP contribution < -0.4 is 20.3 Å². The Labute approximate surface area is 187 Å². The molecule has 1 aromatic heterocycles. The number of carbonyl (C=O) groups is 1. The van der Waals surface area contributed by atoms with Gasteiger partial charge in [0.25, 0.3) is 11.3 Å². The summed E-state index contributed by atoms with van der Waals surface area (Å²) < 4.78 is 13.4. The summed E-state index contributed by atoms with van der Waals surface area (Å²) in [6.07, 6.45) is 6.35. The predicted octanol–water partition coefficient (Wildman–Crippen LogP) is 4.77. The maximum Gasteiger partial charge on any atom is 0.261 e. The number of amides is 1. The molecular formula is C22H19Cl2N3O4. The van der Waals surface area contributed by atoms with Crippen LogP contribution in [0.15, 0.2) is 41.5 Å². The van der Waals surface area contributed by atoms with Crippen molar-refractivity contribution < 1.29 is 14.3 Å². The fourth-order valence-electron chi connectivity index (χ4n) is 4.13. The van der Waals surface area contributed by atoms with Gasteiger partial charge >= 0.3 is 0 Å². The fraction of sp³-hybridized carbons (Fsp3) is 0.318. The van der Waals surface area contributed by atoms with E-state index in [1.165, 1.54) is 29.4 Å². The number of nitrogens with one attached hydrogen (secondary N) is 1. The van der Waals surface area contributed by atoms with Crippen molar-refractivity contribution in [1.82, 2.24) is 9.55 Å². The van der Waals surface area contributed by atoms with E-state index in [0.717, 1.165) is 25.7 Å². The Balaban J connectivity index is 1.33. The van der Waals surface area contributed by atoms with Crippen LogP contribution in [0.4, 0.5) is 5.69 Å². The Morgan fingerprint density at radius 2 is 1.87 bits per heavy atom. The summed E-state index contributed by atoms with van der Waals surface area (Å²) >= 11 is 12.1. The summed E-state index contributed by atoms with van der Waals surface area (Å²) in [5.41, 5.74) is 0.516. The van der Waals surface area contributed by atoms with Gasteiger partial charge in [0.2, 0.25) is 5.91 Å². The maximum atomic E-state index is 12.7. The second-order valence-corrected chi connectivity index (χ2v) is 8.69. The quantitative estimate of drug-likeness (QED) is 0.609. The molecule has 0 atom stereocenters. The monoisotopic (exact) mass is 459 g/mol. The molecule has 160 valence electrons. The first-order valence-electron chi connectivity index (χ1n) is 10.1. The second kappa shape index (κ2) is 7.73. The number of aromatic nitrogens is 2. The first-order chi connectivity index (χ1) is 14.9. The zero-order valence-corrected chi connectivity index (χ0v) is 18.0. The van der Waals surface area contributed by atoms with Crippen LogP contribution in [0, 0.1) is 0 Å². The number of hydrogen-bond acceptors (Lipinski definition) is 5. The molecule has 2 heterocycles. The smallest absolute Gasteiger partial charge is 0.261 e. The van der Waals surface area contributed by atoms with E-state index in [4.69, 9.17) is 32.7 Å². The third-order valence-electron chi connectivity index (χ3n) is 5.59. The van der Waals surface area contributed by atoms with Crippen molar-refractivity contribution in [2.45, 2.75) is 44.4 Å². The van der Waals surface area contributed by atoms with Gasteiger partial charge in [-0.3, -0.25) is 14.2 Å². The molecule has 0 radical (unpaired) electrons. The Morgan fingerprint density at radius 1 is 1.10 bits per heavy atom. The molecule has 0 unspecified atom stereocenters. The molecule has 5 rings (SSSR count). The van der Waals surface area contributed by atoms with Crippen LogP contribution in [-0.2, 0) is 11.3 Å². The summed E-state index contributed by atoms with van der Waals surface area (Å²) in [7, 11) is 0. The van der Waals surface area contributed by atoms with Gasteiger partial charge in [0.15, 0.2) is 11.5 Å². The lowest BCUT2D eigenvalue weighted by atomic mass is 9.94. The predicted molar refractivity (Wildman–Crippen MR) is 118 cm³/mol. The van der Waals surface area contributed by atoms with E-state index in [2.05, 4.69) is 10.3 Å². The van der Waals surface area contributed by atoms with Crippen molar-refractivity contribution in [2.75, 3.05) is 5.32 Å². The van der Waals surface area contributed by atoms with Crippen LogP contribution in [0.2, 0.25) is 10.0 Å². The van der Waals surface area contributed by atoms with E-state index in [9.17, 15) is 9.59 Å². The molecule has 0 saturated heterocycles. The zero-order valence-electron chi connectivity index (χ0n) is 16.5. The average molecular weight is 460 g/mol. The van der Waals surface area contributed by atoms with Crippen molar-refractivity contribution in [1.29, 1.82) is 0 Å². The van der Waals surface area contributed by atoms with Crippen LogP contribution in [0.25, 0.3) is 10.9 Å². The molecule has 1 spiro atoms. The van der Waals surface area contributed by atoms with E-state index in [1.807, 2.05) is 0 Å². The van der Waals surface area contributed by atoms with Crippen molar-refractivity contribution in [3.05, 3.63) is 57.1 Å². The summed E-state index contributed by atoms with van der Waals surface area (Å²) in [5.74, 6) is 0.357. The summed E-state index contributed by atoms with van der Waals surface area (Å²) in [4.78, 5) is 29.5. The lowest BCUT2D eigenvalue weighted by Gasteiger charge is -2.31. The van der Waals surface area contributed by atoms with Crippen molar-refractivity contribution in [3.8, 4) is 11.5 Å². The van der Waals surface area contributed by atoms with Gasteiger partial charge < -0.3 is 14.8 Å². The Bertz CT molecular complexity index is 1250. The Kier molecular flexibility index (Phi) is 5.02. The number of ether oxygens (including phenoxy) is 2. The molecule has 3 aromatic rings. The molecule has 2 aliphatic rings. The van der Waals surface area contributed by atoms with Crippen molar-refractivity contribution in [2.24, 2.45) is 0 Å². The lowest BCUT2D eigenvalue weighted by molar-refractivity contribution is -0.116. The molecule has 1 saturated carbocycles. The number of nitrogens with zero attached hydrogens (tertiary/aromatic N) is 2. The lowest BCUT2D eigenvalue weighted by Crippen LogP contribution is -2.40. The highest BCUT2D eigenvalue weighted by molar-refractivity contribution is 6.38. The minimum Gasteiger partial charge on any atom is -0.448 e. The van der Waals surface area contributed by atoms with Gasteiger partial charge in [-0.2, -0.15) is 0 Å². The molecule has 1 N–H and O–H groups in total. The maximum absolute atomic E-state index is 12.7. The number of anilines is 1. The van der Waals surface area contributed by atoms with Gasteiger partial charge in [0, 0.05) is 29.6 Å². The molecule has 2 aromatic carbocycles. The summed E-state index contributed by atoms with van der Waals surface area (Å²) in [5, 5.41) is 3.67. The average Bonchev–Trinajstić information content (AvgIpc) is 3.07. The van der Waals surface area contributed by atoms with E-state index < -0.39 is 11.3 Å². The molecular weight excluding hydrogens is 441 g/mol. The topological polar surface area (TPSA) is 82.5 Å². The molecule has 1 fully saturated rings. The van der Waals surface area contributed by atoms with Gasteiger partial charge in [0.1, 0.15) is 6.54 Å². The number of benzene rings is 2. The third-order valence-corrected chi connectivity index (χ3v) is 6.10. The highest BCUT2D eigenvalue weighted by Gasteiger charge is 2.42. The number of hydrogen-bond donors (Lipinski definition) is 1. The van der Waals surface area contributed by atoms with Gasteiger partial charge in [-0.05, 0) is 37.1 Å². The van der Waals surface area contributed by atoms with Gasteiger partial charge in [-0.15, -0.1) is 0 Å². The van der Waals surface area contributed by atoms with Crippen LogP contribution >= 0.6 is 23.2 Å². The first-order valence-corrected chi connectivity index (χ1v) is 10.8. The van der Waals surface area contributed by atoms with E-state index in [1.54, 1.807) is 18.2 Å². The number of halogens is 2. The molecule has 0 bridgehead atoms. The zero-order chi connectivity index (χ0) is 21.6. The van der Waals surface area contributed by atoms with Crippen molar-refractivity contribution >= 4 is 45.7 Å². The highest BCUT2D eigenvalue weighted by Crippen LogP contribution is 2.46. The van der Waals surface area contributed by atoms with E-state index >= 15 is 0 Å². The Morgan fingerprint density at radius 3 is 2.68 bits per heavy atom. The molecule has 31 heavy (non-hydrogen) atoms. The normalized spacial score (nSPS) is 16.6. The van der Waals surface area contributed by atoms with Crippen LogP contribution in [0.1, 0.15) is 32.1 Å². The molecule has 1 aliphatic carbocycles. The first kappa shape index (κ1) is 20.2. The molecule has 9 heteroatoms. The summed E-state index contributed by atoms with van der Waals surface area (Å²) in [6, 6.07) is 8.31. The standard InChI is InChI=1S/C22H19Cl2N3O4/c23-13-8-15-20(16(24)9-13)25-12-27(21(15)29)11-19(28)26-14-4-5-17-18(10-14)31-22(30-17)6-2-1-3-7-22/h4-5,8-10,12H,1-3,6-7,11H2,(H,26,28). The number of fused-ring (bicyclic) bond motifs is 2. The van der Waals surface area contributed by atoms with Gasteiger partial charge in [0.05, 0.1) is 22.3 Å². The van der Waals surface area contributed by atoms with E-state index in [0.29, 0.717) is 27.7 Å². The number of rotatable bonds is 3. The van der Waals surface area contributed by atoms with Crippen LogP contribution in [0.5, 0.6) is 11.5 Å². The molecule has 7 nitrogen and oxygen atoms in total. The van der Waals surface area contributed by atoms with Crippen LogP contribution in [0.3, 0.4) is 0 Å². The van der Waals surface area contributed by atoms with E-state index in [-0.39, 0.29) is 22.9 Å². The minimum absolute atomic E-state index is 0.204.